The van der Waals surface area contributed by atoms with Gasteiger partial charge in [-0.15, -0.1) is 0 Å². The van der Waals surface area contributed by atoms with Gasteiger partial charge >= 0.3 is 0 Å². The zero-order chi connectivity index (χ0) is 18.4. The molecule has 6 nitrogen and oxygen atoms in total. The molecule has 0 amide bonds. The van der Waals surface area contributed by atoms with Crippen molar-refractivity contribution in [3.63, 3.8) is 0 Å². The van der Waals surface area contributed by atoms with Crippen molar-refractivity contribution in [2.45, 2.75) is 20.1 Å². The summed E-state index contributed by atoms with van der Waals surface area (Å²) in [5, 5.41) is 10.8. The Morgan fingerprint density at radius 1 is 1.12 bits per heavy atom. The van der Waals surface area contributed by atoms with Crippen LogP contribution in [0.15, 0.2) is 42.7 Å². The van der Waals surface area contributed by atoms with Crippen LogP contribution in [0.1, 0.15) is 18.1 Å². The summed E-state index contributed by atoms with van der Waals surface area (Å²) >= 11 is 12.6. The average Bonchev–Trinajstić information content (AvgIpc) is 3.14. The van der Waals surface area contributed by atoms with Crippen LogP contribution in [0.5, 0.6) is 11.5 Å². The summed E-state index contributed by atoms with van der Waals surface area (Å²) in [5.41, 5.74) is 1.81. The number of aromatic nitrogens is 3. The van der Waals surface area contributed by atoms with Crippen molar-refractivity contribution in [2.75, 3.05) is 11.9 Å². The quantitative estimate of drug-likeness (QED) is 0.580. The summed E-state index contributed by atoms with van der Waals surface area (Å²) in [5.74, 6) is 1.66. The van der Waals surface area contributed by atoms with E-state index in [9.17, 15) is 0 Å². The first-order valence-electron chi connectivity index (χ1n) is 8.08. The zero-order valence-electron chi connectivity index (χ0n) is 14.1. The Morgan fingerprint density at radius 3 is 2.69 bits per heavy atom. The van der Waals surface area contributed by atoms with Crippen LogP contribution in [0.3, 0.4) is 0 Å². The van der Waals surface area contributed by atoms with Gasteiger partial charge in [0.2, 0.25) is 5.95 Å². The number of benzene rings is 2. The van der Waals surface area contributed by atoms with Gasteiger partial charge in [0, 0.05) is 17.1 Å². The molecular weight excluding hydrogens is 375 g/mol. The van der Waals surface area contributed by atoms with Gasteiger partial charge < -0.3 is 14.8 Å². The van der Waals surface area contributed by atoms with E-state index in [2.05, 4.69) is 20.5 Å². The Bertz CT molecular complexity index is 856. The van der Waals surface area contributed by atoms with E-state index in [0.29, 0.717) is 47.3 Å². The van der Waals surface area contributed by atoms with Crippen LogP contribution in [0.4, 0.5) is 5.95 Å². The van der Waals surface area contributed by atoms with Gasteiger partial charge in [-0.3, -0.25) is 0 Å². The Morgan fingerprint density at radius 2 is 1.96 bits per heavy atom. The summed E-state index contributed by atoms with van der Waals surface area (Å²) in [4.78, 5) is 4.02. The van der Waals surface area contributed by atoms with Crippen LogP contribution in [-0.2, 0) is 13.2 Å². The van der Waals surface area contributed by atoms with E-state index in [1.165, 1.54) is 6.33 Å². The first-order valence-corrected chi connectivity index (χ1v) is 8.83. The number of nitrogens with one attached hydrogen (secondary N) is 2. The summed E-state index contributed by atoms with van der Waals surface area (Å²) in [6.45, 7) is 3.22. The molecule has 26 heavy (non-hydrogen) atoms. The Labute approximate surface area is 161 Å². The third-order valence-electron chi connectivity index (χ3n) is 3.57. The minimum Gasteiger partial charge on any atom is -0.490 e. The fourth-order valence-corrected chi connectivity index (χ4v) is 2.85. The molecule has 136 valence electrons. The second kappa shape index (κ2) is 8.78. The van der Waals surface area contributed by atoms with E-state index in [0.717, 1.165) is 11.1 Å². The number of nitrogens with zero attached hydrogens (tertiary/aromatic N) is 2. The van der Waals surface area contributed by atoms with Crippen LogP contribution in [-0.4, -0.2) is 21.8 Å². The van der Waals surface area contributed by atoms with Crippen molar-refractivity contribution in [3.8, 4) is 11.5 Å². The molecule has 8 heteroatoms. The number of anilines is 1. The number of rotatable bonds is 8. The SMILES string of the molecule is CCOc1cc(CNc2ncn[nH]2)cc(Cl)c1OCc1ccccc1Cl. The van der Waals surface area contributed by atoms with Crippen molar-refractivity contribution in [1.29, 1.82) is 0 Å². The maximum Gasteiger partial charge on any atom is 0.218 e. The molecule has 2 N–H and O–H groups in total. The number of hydrogen-bond acceptors (Lipinski definition) is 5. The van der Waals surface area contributed by atoms with Gasteiger partial charge in [0.1, 0.15) is 12.9 Å². The summed E-state index contributed by atoms with van der Waals surface area (Å²) in [6, 6.07) is 11.2. The van der Waals surface area contributed by atoms with Crippen molar-refractivity contribution in [3.05, 3.63) is 63.9 Å². The van der Waals surface area contributed by atoms with Crippen LogP contribution in [0.25, 0.3) is 0 Å². The Hall–Kier alpha value is -2.44. The molecule has 0 unspecified atom stereocenters. The Kier molecular flexibility index (Phi) is 6.20. The van der Waals surface area contributed by atoms with E-state index in [4.69, 9.17) is 32.7 Å². The average molecular weight is 393 g/mol. The third-order valence-corrected chi connectivity index (χ3v) is 4.22. The highest BCUT2D eigenvalue weighted by Gasteiger charge is 2.14. The second-order valence-corrected chi connectivity index (χ2v) is 6.22. The molecule has 0 radical (unpaired) electrons. The smallest absolute Gasteiger partial charge is 0.218 e. The van der Waals surface area contributed by atoms with Gasteiger partial charge in [0.25, 0.3) is 0 Å². The Balaban J connectivity index is 1.76. The fourth-order valence-electron chi connectivity index (χ4n) is 2.37. The van der Waals surface area contributed by atoms with Crippen LogP contribution in [0.2, 0.25) is 10.0 Å². The number of hydrogen-bond donors (Lipinski definition) is 2. The molecule has 0 aliphatic carbocycles. The third kappa shape index (κ3) is 4.59. The number of ether oxygens (including phenoxy) is 2. The van der Waals surface area contributed by atoms with Crippen LogP contribution < -0.4 is 14.8 Å². The molecule has 0 bridgehead atoms. The highest BCUT2D eigenvalue weighted by atomic mass is 35.5. The maximum atomic E-state index is 6.44. The summed E-state index contributed by atoms with van der Waals surface area (Å²) in [7, 11) is 0. The molecule has 0 saturated heterocycles. The minimum atomic E-state index is 0.301. The molecule has 1 heterocycles. The van der Waals surface area contributed by atoms with Gasteiger partial charge in [0.15, 0.2) is 11.5 Å². The topological polar surface area (TPSA) is 72.1 Å². The molecule has 0 spiro atoms. The second-order valence-electron chi connectivity index (χ2n) is 5.41. The van der Waals surface area contributed by atoms with Gasteiger partial charge in [0.05, 0.1) is 11.6 Å². The molecule has 0 aliphatic heterocycles. The first-order chi connectivity index (χ1) is 12.7. The van der Waals surface area contributed by atoms with Crippen LogP contribution >= 0.6 is 23.2 Å². The van der Waals surface area contributed by atoms with Gasteiger partial charge in [-0.2, -0.15) is 5.10 Å². The van der Waals surface area contributed by atoms with Crippen molar-refractivity contribution >= 4 is 29.2 Å². The molecule has 0 fully saturated rings. The molecule has 0 saturated carbocycles. The number of halogens is 2. The zero-order valence-corrected chi connectivity index (χ0v) is 15.6. The highest BCUT2D eigenvalue weighted by Crippen LogP contribution is 2.37. The highest BCUT2D eigenvalue weighted by molar-refractivity contribution is 6.32. The van der Waals surface area contributed by atoms with E-state index >= 15 is 0 Å². The van der Waals surface area contributed by atoms with Gasteiger partial charge in [-0.25, -0.2) is 10.1 Å². The lowest BCUT2D eigenvalue weighted by molar-refractivity contribution is 0.269. The van der Waals surface area contributed by atoms with Crippen molar-refractivity contribution < 1.29 is 9.47 Å². The summed E-state index contributed by atoms with van der Waals surface area (Å²) < 4.78 is 11.6. The molecule has 0 atom stereocenters. The van der Waals surface area contributed by atoms with Crippen molar-refractivity contribution in [2.24, 2.45) is 0 Å². The monoisotopic (exact) mass is 392 g/mol. The molecule has 2 aromatic carbocycles. The van der Waals surface area contributed by atoms with Gasteiger partial charge in [-0.1, -0.05) is 41.4 Å². The van der Waals surface area contributed by atoms with Crippen molar-refractivity contribution in [1.82, 2.24) is 15.2 Å². The predicted octanol–water partition coefficient (Wildman–Crippen LogP) is 4.70. The standard InChI is InChI=1S/C18H18Cl2N4O2/c1-2-25-16-8-12(9-21-18-22-11-23-24-18)7-15(20)17(16)26-10-13-5-3-4-6-14(13)19/h3-8,11H,2,9-10H2,1H3,(H2,21,22,23,24). The summed E-state index contributed by atoms with van der Waals surface area (Å²) in [6.07, 6.45) is 1.44. The normalized spacial score (nSPS) is 10.6. The maximum absolute atomic E-state index is 6.44. The first kappa shape index (κ1) is 18.4. The molecule has 1 aromatic heterocycles. The minimum absolute atomic E-state index is 0.301. The number of H-pyrrole nitrogens is 1. The van der Waals surface area contributed by atoms with E-state index in [-0.39, 0.29) is 0 Å². The lowest BCUT2D eigenvalue weighted by Gasteiger charge is -2.16. The van der Waals surface area contributed by atoms with Crippen LogP contribution in [0, 0.1) is 0 Å². The van der Waals surface area contributed by atoms with E-state index in [1.54, 1.807) is 0 Å². The van der Waals surface area contributed by atoms with E-state index < -0.39 is 0 Å². The molecule has 3 aromatic rings. The molecular formula is C18H18Cl2N4O2. The lowest BCUT2D eigenvalue weighted by Crippen LogP contribution is -2.04. The largest absolute Gasteiger partial charge is 0.490 e. The van der Waals surface area contributed by atoms with Gasteiger partial charge in [-0.05, 0) is 30.7 Å². The predicted molar refractivity (Wildman–Crippen MR) is 102 cm³/mol. The molecule has 0 aliphatic rings. The lowest BCUT2D eigenvalue weighted by atomic mass is 10.2. The number of aromatic amines is 1. The fraction of sp³-hybridized carbons (Fsp3) is 0.222. The molecule has 3 rings (SSSR count). The van der Waals surface area contributed by atoms with E-state index in [1.807, 2.05) is 43.3 Å².